The second kappa shape index (κ2) is 15.1. The molecule has 4 nitrogen and oxygen atoms in total. The Morgan fingerprint density at radius 3 is 1.09 bits per heavy atom. The number of nitrogens with zero attached hydrogens (tertiary/aromatic N) is 2. The van der Waals surface area contributed by atoms with Gasteiger partial charge < -0.3 is 18.6 Å². The van der Waals surface area contributed by atoms with E-state index in [2.05, 4.69) is 252 Å². The van der Waals surface area contributed by atoms with Crippen molar-refractivity contribution in [2.45, 2.75) is 0 Å². The summed E-state index contributed by atoms with van der Waals surface area (Å²) in [7, 11) is 0. The third-order valence-electron chi connectivity index (χ3n) is 14.5. The van der Waals surface area contributed by atoms with E-state index in [1.54, 1.807) is 0 Å². The summed E-state index contributed by atoms with van der Waals surface area (Å²) in [5, 5.41) is 18.5. The molecule has 0 aliphatic rings. The molecule has 0 bridgehead atoms. The van der Waals surface area contributed by atoms with Crippen LogP contribution in [-0.2, 0) is 0 Å². The molecule has 0 amide bonds. The van der Waals surface area contributed by atoms with Crippen LogP contribution in [0, 0.1) is 0 Å². The topological polar surface area (TPSA) is 32.8 Å². The lowest BCUT2D eigenvalue weighted by atomic mass is 9.99. The summed E-state index contributed by atoms with van der Waals surface area (Å²) in [5.74, 6) is 0. The summed E-state index contributed by atoms with van der Waals surface area (Å²) in [4.78, 5) is 4.74. The van der Waals surface area contributed by atoms with E-state index in [-0.39, 0.29) is 0 Å². The lowest BCUT2D eigenvalue weighted by Gasteiger charge is -2.27. The van der Waals surface area contributed by atoms with Gasteiger partial charge in [-0.15, -0.1) is 0 Å². The van der Waals surface area contributed by atoms with Gasteiger partial charge in [-0.25, -0.2) is 0 Å². The number of para-hydroxylation sites is 2. The van der Waals surface area contributed by atoms with Crippen LogP contribution in [0.5, 0.6) is 0 Å². The molecule has 0 atom stereocenters. The van der Waals surface area contributed by atoms with E-state index in [1.165, 1.54) is 43.1 Å². The smallest absolute Gasteiger partial charge is 0.178 e. The molecule has 0 unspecified atom stereocenters. The van der Waals surface area contributed by atoms with Crippen molar-refractivity contribution in [3.8, 4) is 0 Å². The van der Waals surface area contributed by atoms with Gasteiger partial charge in [0.1, 0.15) is 11.2 Å². The lowest BCUT2D eigenvalue weighted by molar-refractivity contribution is 0.634. The van der Waals surface area contributed by atoms with Gasteiger partial charge in [-0.2, -0.15) is 0 Å². The van der Waals surface area contributed by atoms with Gasteiger partial charge in [0.25, 0.3) is 0 Å². The quantitative estimate of drug-likeness (QED) is 0.156. The van der Waals surface area contributed by atoms with Crippen molar-refractivity contribution < 1.29 is 8.83 Å². The number of furan rings is 2. The number of hydrogen-bond acceptors (Lipinski definition) is 4. The first-order chi connectivity index (χ1) is 34.7. The molecular weight excluding hydrogens is 853 g/mol. The van der Waals surface area contributed by atoms with Crippen LogP contribution in [0.15, 0.2) is 251 Å². The average Bonchev–Trinajstić information content (AvgIpc) is 3.97. The molecule has 70 heavy (non-hydrogen) atoms. The minimum absolute atomic E-state index is 0.761. The summed E-state index contributed by atoms with van der Waals surface area (Å²) in [6.07, 6.45) is 0. The van der Waals surface area contributed by atoms with E-state index in [1.807, 2.05) is 0 Å². The Kier molecular flexibility index (Phi) is 8.33. The van der Waals surface area contributed by atoms with E-state index >= 15 is 0 Å². The molecule has 15 rings (SSSR count). The number of hydrogen-bond donors (Lipinski definition) is 0. The van der Waals surface area contributed by atoms with Crippen LogP contribution in [0.1, 0.15) is 0 Å². The van der Waals surface area contributed by atoms with E-state index < -0.39 is 0 Å². The highest BCUT2D eigenvalue weighted by Crippen LogP contribution is 2.46. The zero-order chi connectivity index (χ0) is 45.9. The molecule has 326 valence electrons. The third kappa shape index (κ3) is 5.90. The van der Waals surface area contributed by atoms with Crippen molar-refractivity contribution in [1.82, 2.24) is 0 Å². The highest BCUT2D eigenvalue weighted by Gasteiger charge is 2.21. The van der Waals surface area contributed by atoms with Crippen LogP contribution in [0.25, 0.3) is 109 Å². The number of fused-ring (bicyclic) bond motifs is 15. The maximum atomic E-state index is 6.87. The van der Waals surface area contributed by atoms with Crippen LogP contribution in [0.4, 0.5) is 34.1 Å². The minimum Gasteiger partial charge on any atom is -0.452 e. The molecule has 2 heterocycles. The van der Waals surface area contributed by atoms with Crippen LogP contribution < -0.4 is 9.80 Å². The summed E-state index contributed by atoms with van der Waals surface area (Å²) in [6, 6.07) is 87.6. The first-order valence-electron chi connectivity index (χ1n) is 23.9. The van der Waals surface area contributed by atoms with Crippen molar-refractivity contribution in [3.63, 3.8) is 0 Å². The fraction of sp³-hybridized carbons (Fsp3) is 0. The van der Waals surface area contributed by atoms with E-state index in [9.17, 15) is 0 Å². The Labute approximate surface area is 402 Å². The first kappa shape index (κ1) is 38.7. The zero-order valence-corrected chi connectivity index (χ0v) is 37.8. The molecule has 2 aromatic heterocycles. The van der Waals surface area contributed by atoms with Crippen LogP contribution in [0.3, 0.4) is 0 Å². The molecule has 0 radical (unpaired) electrons. The van der Waals surface area contributed by atoms with Crippen LogP contribution in [-0.4, -0.2) is 0 Å². The molecule has 13 aromatic carbocycles. The van der Waals surface area contributed by atoms with Crippen molar-refractivity contribution in [2.75, 3.05) is 9.80 Å². The fourth-order valence-corrected chi connectivity index (χ4v) is 11.3. The predicted octanol–water partition coefficient (Wildman–Crippen LogP) is 19.3. The maximum Gasteiger partial charge on any atom is 0.178 e. The van der Waals surface area contributed by atoms with Gasteiger partial charge in [0.05, 0.1) is 11.4 Å². The lowest BCUT2D eigenvalue weighted by Crippen LogP contribution is -2.10. The average molecular weight is 893 g/mol. The Balaban J connectivity index is 0.853. The molecule has 0 aliphatic carbocycles. The zero-order valence-electron chi connectivity index (χ0n) is 37.8. The molecule has 0 fully saturated rings. The normalized spacial score (nSPS) is 12.0. The molecular formula is C66H40N2O2. The van der Waals surface area contributed by atoms with Crippen LogP contribution >= 0.6 is 0 Å². The second-order valence-corrected chi connectivity index (χ2v) is 18.4. The van der Waals surface area contributed by atoms with Gasteiger partial charge in [-0.05, 0) is 151 Å². The second-order valence-electron chi connectivity index (χ2n) is 18.4. The van der Waals surface area contributed by atoms with E-state index in [0.29, 0.717) is 0 Å². The number of rotatable bonds is 6. The van der Waals surface area contributed by atoms with Crippen molar-refractivity contribution in [3.05, 3.63) is 243 Å². The van der Waals surface area contributed by atoms with E-state index in [4.69, 9.17) is 8.83 Å². The SMILES string of the molecule is c1ccc(N(c2ccc3cc4c(cc3c2)oc2c4ccc3c4cc5ccc(N(c6ccccc6)c6cccc7c6ccc6ccccc67)cc5cc4oc32)c2cccc3c2ccc2ccccc23)cc1. The van der Waals surface area contributed by atoms with E-state index in [0.717, 1.165) is 99.5 Å². The Morgan fingerprint density at radius 2 is 0.614 bits per heavy atom. The molecule has 4 heteroatoms. The van der Waals surface area contributed by atoms with Gasteiger partial charge in [0.2, 0.25) is 0 Å². The molecule has 15 aromatic rings. The highest BCUT2D eigenvalue weighted by atomic mass is 16.4. The molecule has 0 spiro atoms. The maximum absolute atomic E-state index is 6.87. The largest absolute Gasteiger partial charge is 0.452 e. The Bertz CT molecular complexity index is 4310. The fourth-order valence-electron chi connectivity index (χ4n) is 11.3. The third-order valence-corrected chi connectivity index (χ3v) is 14.5. The molecule has 0 saturated carbocycles. The first-order valence-corrected chi connectivity index (χ1v) is 23.9. The standard InChI is InChI=1S/C66H40N2O2/c1-3-15-47(16-4-1)67(61-23-11-21-53-51-19-9-7-13-41(51)27-31-55(53)61)49-29-25-43-37-59-57-33-34-58-60-38-44-26-30-50(36-46(44)40-64(60)70-66(58)65(57)69-63(59)39-45(43)35-49)68(48-17-5-2-6-18-48)62-24-12-22-54-52-20-10-8-14-42(52)28-32-56(54)62/h1-40H. The highest BCUT2D eigenvalue weighted by molar-refractivity contribution is 6.22. The molecule has 0 saturated heterocycles. The summed E-state index contributed by atoms with van der Waals surface area (Å²) < 4.78 is 13.7. The minimum atomic E-state index is 0.761. The molecule has 0 N–H and O–H groups in total. The number of benzene rings is 13. The van der Waals surface area contributed by atoms with Crippen LogP contribution in [0.2, 0.25) is 0 Å². The van der Waals surface area contributed by atoms with Gasteiger partial charge in [-0.3, -0.25) is 0 Å². The number of anilines is 6. The summed E-state index contributed by atoms with van der Waals surface area (Å²) in [6.45, 7) is 0. The molecule has 0 aliphatic heterocycles. The van der Waals surface area contributed by atoms with Gasteiger partial charge in [-0.1, -0.05) is 146 Å². The van der Waals surface area contributed by atoms with Gasteiger partial charge in [0.15, 0.2) is 11.2 Å². The Morgan fingerprint density at radius 1 is 0.214 bits per heavy atom. The predicted molar refractivity (Wildman–Crippen MR) is 295 cm³/mol. The van der Waals surface area contributed by atoms with Crippen molar-refractivity contribution in [1.29, 1.82) is 0 Å². The van der Waals surface area contributed by atoms with Crippen molar-refractivity contribution in [2.24, 2.45) is 0 Å². The van der Waals surface area contributed by atoms with Gasteiger partial charge >= 0.3 is 0 Å². The van der Waals surface area contributed by atoms with Crippen molar-refractivity contribution >= 4 is 143 Å². The Hall–Kier alpha value is -9.38. The summed E-state index contributed by atoms with van der Waals surface area (Å²) in [5.41, 5.74) is 9.76. The van der Waals surface area contributed by atoms with Gasteiger partial charge in [0, 0.05) is 55.1 Å². The summed E-state index contributed by atoms with van der Waals surface area (Å²) >= 11 is 0. The monoisotopic (exact) mass is 892 g/mol.